The molecule has 0 radical (unpaired) electrons. The number of piperidine rings is 1. The Balaban J connectivity index is 1.98. The van der Waals surface area contributed by atoms with Gasteiger partial charge in [-0.1, -0.05) is 45.4 Å². The van der Waals surface area contributed by atoms with Gasteiger partial charge < -0.3 is 5.32 Å². The van der Waals surface area contributed by atoms with Crippen LogP contribution in [-0.4, -0.2) is 36.5 Å². The van der Waals surface area contributed by atoms with Crippen LogP contribution < -0.4 is 5.32 Å². The second-order valence-electron chi connectivity index (χ2n) is 6.15. The standard InChI is InChI=1S/C17H31N3O/c1-2-3-4-5-6-7-8-9-17(21)19-16-10-13-20(14-11-16)15-12-18/h16H,2-11,13-15H2,1H3,(H,19,21). The van der Waals surface area contributed by atoms with Gasteiger partial charge in [0.15, 0.2) is 0 Å². The van der Waals surface area contributed by atoms with E-state index in [1.165, 1.54) is 38.5 Å². The average Bonchev–Trinajstić information content (AvgIpc) is 2.49. The zero-order valence-corrected chi connectivity index (χ0v) is 13.6. The SMILES string of the molecule is CCCCCCCCCC(=O)NC1CCN(CC#N)CC1. The van der Waals surface area contributed by atoms with Crippen molar-refractivity contribution in [2.24, 2.45) is 0 Å². The highest BCUT2D eigenvalue weighted by molar-refractivity contribution is 5.76. The van der Waals surface area contributed by atoms with Crippen LogP contribution in [-0.2, 0) is 4.79 Å². The van der Waals surface area contributed by atoms with Crippen molar-refractivity contribution in [1.29, 1.82) is 5.26 Å². The molecule has 21 heavy (non-hydrogen) atoms. The number of nitriles is 1. The highest BCUT2D eigenvalue weighted by atomic mass is 16.1. The summed E-state index contributed by atoms with van der Waals surface area (Å²) in [5.74, 6) is 0.210. The van der Waals surface area contributed by atoms with E-state index in [-0.39, 0.29) is 5.91 Å². The number of nitrogens with one attached hydrogen (secondary N) is 1. The summed E-state index contributed by atoms with van der Waals surface area (Å²) in [6, 6.07) is 2.50. The molecule has 1 rings (SSSR count). The van der Waals surface area contributed by atoms with Gasteiger partial charge in [-0.25, -0.2) is 0 Å². The highest BCUT2D eigenvalue weighted by Gasteiger charge is 2.19. The van der Waals surface area contributed by atoms with E-state index in [1.54, 1.807) is 0 Å². The molecule has 0 bridgehead atoms. The van der Waals surface area contributed by atoms with E-state index in [1.807, 2.05) is 0 Å². The maximum atomic E-state index is 11.9. The summed E-state index contributed by atoms with van der Waals surface area (Å²) in [7, 11) is 0. The van der Waals surface area contributed by atoms with Crippen molar-refractivity contribution >= 4 is 5.91 Å². The molecule has 4 heteroatoms. The van der Waals surface area contributed by atoms with Crippen molar-refractivity contribution in [3.63, 3.8) is 0 Å². The molecule has 0 spiro atoms. The molecule has 0 aromatic rings. The lowest BCUT2D eigenvalue weighted by atomic mass is 10.0. The van der Waals surface area contributed by atoms with Gasteiger partial charge >= 0.3 is 0 Å². The molecule has 0 aliphatic carbocycles. The Labute approximate surface area is 129 Å². The molecule has 0 aromatic heterocycles. The van der Waals surface area contributed by atoms with Crippen molar-refractivity contribution in [1.82, 2.24) is 10.2 Å². The van der Waals surface area contributed by atoms with Crippen LogP contribution in [0.2, 0.25) is 0 Å². The molecule has 0 unspecified atom stereocenters. The Bertz CT molecular complexity index is 316. The second-order valence-corrected chi connectivity index (χ2v) is 6.15. The lowest BCUT2D eigenvalue weighted by Gasteiger charge is -2.30. The summed E-state index contributed by atoms with van der Waals surface area (Å²) in [6.07, 6.45) is 11.4. The highest BCUT2D eigenvalue weighted by Crippen LogP contribution is 2.11. The normalized spacial score (nSPS) is 16.6. The Morgan fingerprint density at radius 3 is 2.38 bits per heavy atom. The van der Waals surface area contributed by atoms with Crippen LogP contribution >= 0.6 is 0 Å². The van der Waals surface area contributed by atoms with E-state index in [0.29, 0.717) is 19.0 Å². The first-order valence-corrected chi connectivity index (χ1v) is 8.65. The number of hydrogen-bond donors (Lipinski definition) is 1. The summed E-state index contributed by atoms with van der Waals surface area (Å²) in [6.45, 7) is 4.60. The Kier molecular flexibility index (Phi) is 9.90. The van der Waals surface area contributed by atoms with Crippen molar-refractivity contribution in [3.8, 4) is 6.07 Å². The Morgan fingerprint density at radius 2 is 1.76 bits per heavy atom. The number of unbranched alkanes of at least 4 members (excludes halogenated alkanes) is 6. The lowest BCUT2D eigenvalue weighted by Crippen LogP contribution is -2.44. The third kappa shape index (κ3) is 8.72. The van der Waals surface area contributed by atoms with Gasteiger partial charge in [0.25, 0.3) is 0 Å². The van der Waals surface area contributed by atoms with E-state index in [0.717, 1.165) is 32.4 Å². The number of carbonyl (C=O) groups excluding carboxylic acids is 1. The molecule has 1 saturated heterocycles. The van der Waals surface area contributed by atoms with Crippen molar-refractivity contribution < 1.29 is 4.79 Å². The monoisotopic (exact) mass is 293 g/mol. The molecule has 120 valence electrons. The number of rotatable bonds is 10. The molecule has 1 heterocycles. The molecule has 4 nitrogen and oxygen atoms in total. The first-order valence-electron chi connectivity index (χ1n) is 8.65. The third-order valence-corrected chi connectivity index (χ3v) is 4.25. The maximum Gasteiger partial charge on any atom is 0.220 e. The molecule has 1 aliphatic rings. The average molecular weight is 293 g/mol. The summed E-state index contributed by atoms with van der Waals surface area (Å²) in [5, 5.41) is 11.8. The Hall–Kier alpha value is -1.08. The van der Waals surface area contributed by atoms with E-state index >= 15 is 0 Å². The zero-order valence-electron chi connectivity index (χ0n) is 13.6. The van der Waals surface area contributed by atoms with Gasteiger partial charge in [0.2, 0.25) is 5.91 Å². The predicted molar refractivity (Wildman–Crippen MR) is 85.8 cm³/mol. The van der Waals surface area contributed by atoms with Gasteiger partial charge in [-0.3, -0.25) is 9.69 Å². The maximum absolute atomic E-state index is 11.9. The fourth-order valence-corrected chi connectivity index (χ4v) is 2.88. The number of amides is 1. The minimum absolute atomic E-state index is 0.210. The van der Waals surface area contributed by atoms with Crippen LogP contribution in [0.4, 0.5) is 0 Å². The van der Waals surface area contributed by atoms with Gasteiger partial charge in [-0.2, -0.15) is 5.26 Å². The molecule has 0 atom stereocenters. The van der Waals surface area contributed by atoms with E-state index in [2.05, 4.69) is 23.2 Å². The minimum Gasteiger partial charge on any atom is -0.353 e. The lowest BCUT2D eigenvalue weighted by molar-refractivity contribution is -0.122. The van der Waals surface area contributed by atoms with Crippen LogP contribution in [0.15, 0.2) is 0 Å². The van der Waals surface area contributed by atoms with Gasteiger partial charge in [-0.05, 0) is 19.3 Å². The zero-order chi connectivity index (χ0) is 15.3. The van der Waals surface area contributed by atoms with Gasteiger partial charge in [-0.15, -0.1) is 0 Å². The van der Waals surface area contributed by atoms with Crippen molar-refractivity contribution in [3.05, 3.63) is 0 Å². The predicted octanol–water partition coefficient (Wildman–Crippen LogP) is 3.23. The summed E-state index contributed by atoms with van der Waals surface area (Å²) in [5.41, 5.74) is 0. The number of hydrogen-bond acceptors (Lipinski definition) is 3. The molecule has 0 aromatic carbocycles. The van der Waals surface area contributed by atoms with Crippen LogP contribution in [0.25, 0.3) is 0 Å². The van der Waals surface area contributed by atoms with Crippen LogP contribution in [0.3, 0.4) is 0 Å². The number of nitrogens with zero attached hydrogens (tertiary/aromatic N) is 2. The van der Waals surface area contributed by atoms with Gasteiger partial charge in [0, 0.05) is 25.6 Å². The van der Waals surface area contributed by atoms with Crippen LogP contribution in [0.5, 0.6) is 0 Å². The topological polar surface area (TPSA) is 56.1 Å². The van der Waals surface area contributed by atoms with Gasteiger partial charge in [0.1, 0.15) is 0 Å². The molecule has 1 aliphatic heterocycles. The summed E-state index contributed by atoms with van der Waals surface area (Å²) < 4.78 is 0. The van der Waals surface area contributed by atoms with E-state index in [9.17, 15) is 4.79 Å². The number of likely N-dealkylation sites (tertiary alicyclic amines) is 1. The van der Waals surface area contributed by atoms with Crippen LogP contribution in [0.1, 0.15) is 71.1 Å². The van der Waals surface area contributed by atoms with Crippen molar-refractivity contribution in [2.45, 2.75) is 77.2 Å². The largest absolute Gasteiger partial charge is 0.353 e. The third-order valence-electron chi connectivity index (χ3n) is 4.25. The smallest absolute Gasteiger partial charge is 0.220 e. The molecule has 1 fully saturated rings. The summed E-state index contributed by atoms with van der Waals surface area (Å²) in [4.78, 5) is 14.0. The first kappa shape index (κ1) is 18.0. The summed E-state index contributed by atoms with van der Waals surface area (Å²) >= 11 is 0. The van der Waals surface area contributed by atoms with Gasteiger partial charge in [0.05, 0.1) is 12.6 Å². The first-order chi connectivity index (χ1) is 10.3. The quantitative estimate of drug-likeness (QED) is 0.497. The van der Waals surface area contributed by atoms with E-state index in [4.69, 9.17) is 5.26 Å². The molecule has 1 amide bonds. The Morgan fingerprint density at radius 1 is 1.14 bits per heavy atom. The van der Waals surface area contributed by atoms with Crippen molar-refractivity contribution in [2.75, 3.05) is 19.6 Å². The molecular weight excluding hydrogens is 262 g/mol. The molecular formula is C17H31N3O. The van der Waals surface area contributed by atoms with Crippen LogP contribution in [0, 0.1) is 11.3 Å². The fraction of sp³-hybridized carbons (Fsp3) is 0.882. The molecule has 0 saturated carbocycles. The second kappa shape index (κ2) is 11.6. The minimum atomic E-state index is 0.210. The van der Waals surface area contributed by atoms with E-state index < -0.39 is 0 Å². The number of carbonyl (C=O) groups is 1. The fourth-order valence-electron chi connectivity index (χ4n) is 2.88. The molecule has 1 N–H and O–H groups in total.